The third kappa shape index (κ3) is 6.09. The lowest BCUT2D eigenvalue weighted by atomic mass is 10.00. The predicted molar refractivity (Wildman–Crippen MR) is 98.6 cm³/mol. The number of carbonyl (C=O) groups is 2. The van der Waals surface area contributed by atoms with Crippen LogP contribution in [0.3, 0.4) is 0 Å². The van der Waals surface area contributed by atoms with Crippen molar-refractivity contribution >= 4 is 12.4 Å². The van der Waals surface area contributed by atoms with Gasteiger partial charge in [-0.1, -0.05) is 36.4 Å². The van der Waals surface area contributed by atoms with Crippen LogP contribution in [0.1, 0.15) is 34.0 Å². The zero-order valence-electron chi connectivity index (χ0n) is 15.0. The van der Waals surface area contributed by atoms with E-state index in [0.29, 0.717) is 17.6 Å². The fourth-order valence-electron chi connectivity index (χ4n) is 2.51. The number of nitrogens with one attached hydrogen (secondary N) is 1. The van der Waals surface area contributed by atoms with E-state index in [0.717, 1.165) is 5.56 Å². The maximum atomic E-state index is 11.7. The molecule has 7 heteroatoms. The fourth-order valence-corrected chi connectivity index (χ4v) is 2.51. The van der Waals surface area contributed by atoms with Gasteiger partial charge in [0.25, 0.3) is 0 Å². The lowest BCUT2D eigenvalue weighted by molar-refractivity contribution is 0.0136. The average Bonchev–Trinajstić information content (AvgIpc) is 2.71. The molecule has 0 aliphatic heterocycles. The van der Waals surface area contributed by atoms with Crippen LogP contribution in [-0.2, 0) is 11.3 Å². The number of ether oxygens (including phenoxy) is 2. The third-order valence-electron chi connectivity index (χ3n) is 4.01. The van der Waals surface area contributed by atoms with E-state index >= 15 is 0 Å². The third-order valence-corrected chi connectivity index (χ3v) is 4.01. The Bertz CT molecular complexity index is 749. The van der Waals surface area contributed by atoms with Crippen molar-refractivity contribution in [1.82, 2.24) is 5.32 Å². The topological polar surface area (TPSA) is 105 Å². The number of benzene rings is 2. The van der Waals surface area contributed by atoms with Gasteiger partial charge in [0.1, 0.15) is 18.5 Å². The predicted octanol–water partition coefficient (Wildman–Crippen LogP) is 2.22. The van der Waals surface area contributed by atoms with Crippen molar-refractivity contribution in [2.24, 2.45) is 0 Å². The molecule has 3 N–H and O–H groups in total. The molecular formula is C20H23NO6. The number of methoxy groups -OCH3 is 1. The molecule has 2 aromatic carbocycles. The van der Waals surface area contributed by atoms with Crippen LogP contribution in [0.5, 0.6) is 5.75 Å². The summed E-state index contributed by atoms with van der Waals surface area (Å²) >= 11 is 0. The van der Waals surface area contributed by atoms with Gasteiger partial charge in [0.2, 0.25) is 0 Å². The zero-order valence-corrected chi connectivity index (χ0v) is 15.0. The number of aliphatic hydroxyl groups excluding tert-OH is 2. The summed E-state index contributed by atoms with van der Waals surface area (Å²) in [6, 6.07) is 13.8. The van der Waals surface area contributed by atoms with E-state index < -0.39 is 18.3 Å². The molecule has 2 unspecified atom stereocenters. The summed E-state index contributed by atoms with van der Waals surface area (Å²) in [7, 11) is 1.44. The number of aldehydes is 1. The molecule has 144 valence electrons. The van der Waals surface area contributed by atoms with Gasteiger partial charge < -0.3 is 25.0 Å². The first-order chi connectivity index (χ1) is 13.0. The Balaban J connectivity index is 1.78. The minimum Gasteiger partial charge on any atom is -0.496 e. The molecule has 2 atom stereocenters. The molecule has 2 rings (SSSR count). The molecule has 0 saturated carbocycles. The van der Waals surface area contributed by atoms with E-state index in [1.807, 2.05) is 30.3 Å². The summed E-state index contributed by atoms with van der Waals surface area (Å²) in [5.41, 5.74) is 1.54. The van der Waals surface area contributed by atoms with Crippen molar-refractivity contribution < 1.29 is 29.3 Å². The number of carbonyl (C=O) groups excluding carboxylic acids is 2. The van der Waals surface area contributed by atoms with Crippen molar-refractivity contribution in [1.29, 1.82) is 0 Å². The smallest absolute Gasteiger partial charge is 0.407 e. The SMILES string of the molecule is COc1ccc(C(O)C(O)CCNC(=O)OCc2ccccc2)cc1C=O. The van der Waals surface area contributed by atoms with E-state index in [4.69, 9.17) is 9.47 Å². The quantitative estimate of drug-likeness (QED) is 0.582. The highest BCUT2D eigenvalue weighted by molar-refractivity contribution is 5.79. The van der Waals surface area contributed by atoms with Crippen LogP contribution in [0.4, 0.5) is 4.79 Å². The molecule has 0 spiro atoms. The molecule has 0 aliphatic carbocycles. The Morgan fingerprint density at radius 1 is 1.19 bits per heavy atom. The Labute approximate surface area is 157 Å². The van der Waals surface area contributed by atoms with Crippen molar-refractivity contribution in [2.75, 3.05) is 13.7 Å². The van der Waals surface area contributed by atoms with Gasteiger partial charge in [-0.15, -0.1) is 0 Å². The normalized spacial score (nSPS) is 12.7. The summed E-state index contributed by atoms with van der Waals surface area (Å²) in [6.45, 7) is 0.278. The molecular weight excluding hydrogens is 350 g/mol. The zero-order chi connectivity index (χ0) is 19.6. The number of hydrogen-bond donors (Lipinski definition) is 3. The van der Waals surface area contributed by atoms with Gasteiger partial charge in [0.05, 0.1) is 18.8 Å². The Kier molecular flexibility index (Phi) is 7.79. The highest BCUT2D eigenvalue weighted by Gasteiger charge is 2.20. The van der Waals surface area contributed by atoms with Crippen LogP contribution in [-0.4, -0.2) is 42.4 Å². The van der Waals surface area contributed by atoms with Crippen molar-refractivity contribution in [3.05, 3.63) is 65.2 Å². The first kappa shape index (κ1) is 20.4. The van der Waals surface area contributed by atoms with Crippen molar-refractivity contribution in [2.45, 2.75) is 25.2 Å². The number of aliphatic hydroxyl groups is 2. The second-order valence-corrected chi connectivity index (χ2v) is 5.91. The largest absolute Gasteiger partial charge is 0.496 e. The number of hydrogen-bond acceptors (Lipinski definition) is 6. The maximum Gasteiger partial charge on any atom is 0.407 e. The standard InChI is InChI=1S/C20H23NO6/c1-26-18-8-7-15(11-16(18)12-22)19(24)17(23)9-10-21-20(25)27-13-14-5-3-2-4-6-14/h2-8,11-12,17,19,23-24H,9-10,13H2,1H3,(H,21,25). The minimum absolute atomic E-state index is 0.115. The molecule has 2 aromatic rings. The summed E-state index contributed by atoms with van der Waals surface area (Å²) in [5.74, 6) is 0.387. The van der Waals surface area contributed by atoms with Gasteiger partial charge in [-0.2, -0.15) is 0 Å². The van der Waals surface area contributed by atoms with Gasteiger partial charge in [-0.25, -0.2) is 4.79 Å². The van der Waals surface area contributed by atoms with Gasteiger partial charge in [-0.05, 0) is 29.7 Å². The van der Waals surface area contributed by atoms with Gasteiger partial charge in [-0.3, -0.25) is 4.79 Å². The lowest BCUT2D eigenvalue weighted by Gasteiger charge is -2.19. The summed E-state index contributed by atoms with van der Waals surface area (Å²) in [4.78, 5) is 22.7. The highest BCUT2D eigenvalue weighted by Crippen LogP contribution is 2.24. The van der Waals surface area contributed by atoms with E-state index in [1.54, 1.807) is 12.1 Å². The molecule has 0 saturated heterocycles. The van der Waals surface area contributed by atoms with Gasteiger partial charge in [0.15, 0.2) is 6.29 Å². The first-order valence-corrected chi connectivity index (χ1v) is 8.49. The highest BCUT2D eigenvalue weighted by atomic mass is 16.5. The molecule has 27 heavy (non-hydrogen) atoms. The monoisotopic (exact) mass is 373 g/mol. The number of rotatable bonds is 9. The van der Waals surface area contributed by atoms with Crippen LogP contribution < -0.4 is 10.1 Å². The van der Waals surface area contributed by atoms with Crippen molar-refractivity contribution in [3.8, 4) is 5.75 Å². The maximum absolute atomic E-state index is 11.7. The fraction of sp³-hybridized carbons (Fsp3) is 0.300. The summed E-state index contributed by atoms with van der Waals surface area (Å²) in [6.07, 6.45) is -2.19. The Hall–Kier alpha value is -2.90. The average molecular weight is 373 g/mol. The molecule has 0 radical (unpaired) electrons. The van der Waals surface area contributed by atoms with Crippen molar-refractivity contribution in [3.63, 3.8) is 0 Å². The first-order valence-electron chi connectivity index (χ1n) is 8.49. The van der Waals surface area contributed by atoms with E-state index in [9.17, 15) is 19.8 Å². The Morgan fingerprint density at radius 2 is 1.93 bits per heavy atom. The molecule has 7 nitrogen and oxygen atoms in total. The summed E-state index contributed by atoms with van der Waals surface area (Å²) < 4.78 is 10.1. The lowest BCUT2D eigenvalue weighted by Crippen LogP contribution is -2.29. The van der Waals surface area contributed by atoms with Crippen LogP contribution in [0.15, 0.2) is 48.5 Å². The second-order valence-electron chi connectivity index (χ2n) is 5.91. The van der Waals surface area contributed by atoms with Gasteiger partial charge in [0, 0.05) is 6.54 Å². The molecule has 0 fully saturated rings. The number of amides is 1. The molecule has 0 heterocycles. The Morgan fingerprint density at radius 3 is 2.59 bits per heavy atom. The van der Waals surface area contributed by atoms with Crippen LogP contribution in [0.2, 0.25) is 0 Å². The molecule has 0 aliphatic rings. The molecule has 0 bridgehead atoms. The van der Waals surface area contributed by atoms with Crippen LogP contribution in [0, 0.1) is 0 Å². The van der Waals surface area contributed by atoms with Gasteiger partial charge >= 0.3 is 6.09 Å². The second kappa shape index (κ2) is 10.3. The number of alkyl carbamates (subject to hydrolysis) is 1. The summed E-state index contributed by atoms with van der Waals surface area (Å²) in [5, 5.41) is 22.9. The molecule has 1 amide bonds. The van der Waals surface area contributed by atoms with E-state index in [2.05, 4.69) is 5.32 Å². The van der Waals surface area contributed by atoms with E-state index in [1.165, 1.54) is 13.2 Å². The van der Waals surface area contributed by atoms with E-state index in [-0.39, 0.29) is 25.1 Å². The van der Waals surface area contributed by atoms with Crippen LogP contribution in [0.25, 0.3) is 0 Å². The van der Waals surface area contributed by atoms with Crippen LogP contribution >= 0.6 is 0 Å². The minimum atomic E-state index is -1.20. The molecule has 0 aromatic heterocycles.